The predicted molar refractivity (Wildman–Crippen MR) is 112 cm³/mol. The second kappa shape index (κ2) is 9.05. The summed E-state index contributed by atoms with van der Waals surface area (Å²) in [4.78, 5) is 14.0. The van der Waals surface area contributed by atoms with Crippen molar-refractivity contribution in [2.24, 2.45) is 0 Å². The zero-order valence-electron chi connectivity index (χ0n) is 16.8. The molecule has 0 radical (unpaired) electrons. The second-order valence-corrected chi connectivity index (χ2v) is 7.81. The molecule has 1 saturated heterocycles. The minimum Gasteiger partial charge on any atom is -0.371 e. The highest BCUT2D eigenvalue weighted by molar-refractivity contribution is 5.96. The van der Waals surface area contributed by atoms with E-state index in [1.54, 1.807) is 11.9 Å². The molecule has 1 amide bonds. The van der Waals surface area contributed by atoms with Crippen molar-refractivity contribution in [2.75, 3.05) is 25.3 Å². The van der Waals surface area contributed by atoms with Crippen LogP contribution in [0.15, 0.2) is 48.5 Å². The highest BCUT2D eigenvalue weighted by Crippen LogP contribution is 2.36. The number of nitrogens with zero attached hydrogens (tertiary/aromatic N) is 1. The largest absolute Gasteiger partial charge is 0.371 e. The van der Waals surface area contributed by atoms with E-state index in [9.17, 15) is 4.79 Å². The minimum absolute atomic E-state index is 0.00156. The molecule has 6 heteroatoms. The summed E-state index contributed by atoms with van der Waals surface area (Å²) >= 11 is 0. The molecule has 0 bridgehead atoms. The number of aliphatic hydroxyl groups excluding tert-OH is 1. The molecule has 2 aliphatic heterocycles. The van der Waals surface area contributed by atoms with Crippen molar-refractivity contribution in [1.82, 2.24) is 10.6 Å². The van der Waals surface area contributed by atoms with Gasteiger partial charge in [0, 0.05) is 36.9 Å². The number of aliphatic hydroxyl groups is 1. The molecule has 3 N–H and O–H groups in total. The molecule has 29 heavy (non-hydrogen) atoms. The van der Waals surface area contributed by atoms with Gasteiger partial charge in [0.2, 0.25) is 5.91 Å². The molecule has 0 saturated carbocycles. The first-order valence-corrected chi connectivity index (χ1v) is 10.3. The van der Waals surface area contributed by atoms with Crippen LogP contribution in [0.25, 0.3) is 0 Å². The van der Waals surface area contributed by atoms with E-state index in [2.05, 4.69) is 47.0 Å². The van der Waals surface area contributed by atoms with Gasteiger partial charge in [-0.25, -0.2) is 0 Å². The Labute approximate surface area is 171 Å². The van der Waals surface area contributed by atoms with Crippen LogP contribution in [0.3, 0.4) is 0 Å². The number of piperidine rings is 1. The van der Waals surface area contributed by atoms with E-state index in [-0.39, 0.29) is 25.2 Å². The molecule has 3 unspecified atom stereocenters. The lowest BCUT2D eigenvalue weighted by atomic mass is 9.92. The van der Waals surface area contributed by atoms with Crippen molar-refractivity contribution in [3.63, 3.8) is 0 Å². The van der Waals surface area contributed by atoms with Crippen LogP contribution in [0.1, 0.15) is 48.1 Å². The summed E-state index contributed by atoms with van der Waals surface area (Å²) in [5.41, 5.74) is 4.25. The SMILES string of the molecule is CN1C(=O)CC(OCO)c2ccc(CNC3CCCNC3c3ccccc3)cc21. The number of fused-ring (bicyclic) bond motifs is 1. The Hall–Kier alpha value is -2.25. The summed E-state index contributed by atoms with van der Waals surface area (Å²) in [6.07, 6.45) is 2.16. The van der Waals surface area contributed by atoms with Crippen molar-refractivity contribution in [3.05, 3.63) is 65.2 Å². The van der Waals surface area contributed by atoms with E-state index in [0.29, 0.717) is 12.1 Å². The fraction of sp³-hybridized carbons (Fsp3) is 0.435. The predicted octanol–water partition coefficient (Wildman–Crippen LogP) is 2.64. The first kappa shape index (κ1) is 20.0. The Balaban J connectivity index is 1.49. The van der Waals surface area contributed by atoms with E-state index in [1.807, 2.05) is 12.1 Å². The van der Waals surface area contributed by atoms with Crippen LogP contribution >= 0.6 is 0 Å². The second-order valence-electron chi connectivity index (χ2n) is 7.81. The number of ether oxygens (including phenoxy) is 1. The Morgan fingerprint density at radius 1 is 1.24 bits per heavy atom. The number of hydrogen-bond donors (Lipinski definition) is 3. The third-order valence-electron chi connectivity index (χ3n) is 6.00. The molecule has 3 atom stereocenters. The average molecular weight is 396 g/mol. The van der Waals surface area contributed by atoms with Crippen LogP contribution in [-0.4, -0.2) is 37.4 Å². The molecule has 0 aliphatic carbocycles. The normalized spacial score (nSPS) is 24.4. The highest BCUT2D eigenvalue weighted by atomic mass is 16.6. The number of nitrogens with one attached hydrogen (secondary N) is 2. The standard InChI is InChI=1S/C23H29N3O3/c1-26-20-12-16(9-10-18(20)21(29-15-27)13-22(26)28)14-25-19-8-5-11-24-23(19)17-6-3-2-4-7-17/h2-4,6-7,9-10,12,19,21,23-25,27H,5,8,11,13-15H2,1H3. The maximum atomic E-state index is 12.3. The average Bonchev–Trinajstić information content (AvgIpc) is 2.77. The monoisotopic (exact) mass is 395 g/mol. The van der Waals surface area contributed by atoms with Crippen LogP contribution in [0.4, 0.5) is 5.69 Å². The molecular formula is C23H29N3O3. The van der Waals surface area contributed by atoms with Crippen molar-refractivity contribution in [2.45, 2.75) is 44.0 Å². The van der Waals surface area contributed by atoms with E-state index in [1.165, 1.54) is 5.56 Å². The van der Waals surface area contributed by atoms with Crippen molar-refractivity contribution in [1.29, 1.82) is 0 Å². The van der Waals surface area contributed by atoms with Gasteiger partial charge in [0.15, 0.2) is 0 Å². The lowest BCUT2D eigenvalue weighted by molar-refractivity contribution is -0.125. The van der Waals surface area contributed by atoms with Gasteiger partial charge in [-0.3, -0.25) is 4.79 Å². The number of amides is 1. The zero-order valence-corrected chi connectivity index (χ0v) is 16.8. The highest BCUT2D eigenvalue weighted by Gasteiger charge is 2.30. The van der Waals surface area contributed by atoms with Gasteiger partial charge in [-0.05, 0) is 36.6 Å². The Morgan fingerprint density at radius 3 is 2.86 bits per heavy atom. The molecule has 2 aliphatic rings. The van der Waals surface area contributed by atoms with Crippen LogP contribution in [0.5, 0.6) is 0 Å². The molecule has 6 nitrogen and oxygen atoms in total. The van der Waals surface area contributed by atoms with E-state index < -0.39 is 0 Å². The molecule has 1 fully saturated rings. The number of anilines is 1. The maximum Gasteiger partial charge on any atom is 0.229 e. The molecule has 4 rings (SSSR count). The lowest BCUT2D eigenvalue weighted by Gasteiger charge is -2.34. The Bertz CT molecular complexity index is 843. The Morgan fingerprint density at radius 2 is 2.07 bits per heavy atom. The zero-order chi connectivity index (χ0) is 20.2. The smallest absolute Gasteiger partial charge is 0.229 e. The third kappa shape index (κ3) is 4.36. The molecule has 0 spiro atoms. The summed E-state index contributed by atoms with van der Waals surface area (Å²) in [6, 6.07) is 17.4. The van der Waals surface area contributed by atoms with Gasteiger partial charge in [-0.1, -0.05) is 42.5 Å². The summed E-state index contributed by atoms with van der Waals surface area (Å²) in [7, 11) is 1.80. The quantitative estimate of drug-likeness (QED) is 0.656. The number of carbonyl (C=O) groups excluding carboxylic acids is 1. The first-order chi connectivity index (χ1) is 14.2. The van der Waals surface area contributed by atoms with E-state index >= 15 is 0 Å². The molecule has 2 aromatic carbocycles. The van der Waals surface area contributed by atoms with E-state index in [0.717, 1.165) is 42.7 Å². The summed E-state index contributed by atoms with van der Waals surface area (Å²) in [5, 5.41) is 16.5. The number of hydrogen-bond acceptors (Lipinski definition) is 5. The minimum atomic E-state index is -0.389. The lowest BCUT2D eigenvalue weighted by Crippen LogP contribution is -2.45. The number of rotatable bonds is 6. The van der Waals surface area contributed by atoms with Gasteiger partial charge in [-0.2, -0.15) is 0 Å². The van der Waals surface area contributed by atoms with Crippen LogP contribution in [0, 0.1) is 0 Å². The van der Waals surface area contributed by atoms with Gasteiger partial charge in [0.25, 0.3) is 0 Å². The third-order valence-corrected chi connectivity index (χ3v) is 6.00. The fourth-order valence-electron chi connectivity index (χ4n) is 4.41. The van der Waals surface area contributed by atoms with Gasteiger partial charge in [0.05, 0.1) is 12.5 Å². The van der Waals surface area contributed by atoms with Crippen LogP contribution in [0.2, 0.25) is 0 Å². The number of carbonyl (C=O) groups is 1. The van der Waals surface area contributed by atoms with Crippen LogP contribution in [-0.2, 0) is 16.1 Å². The Kier molecular flexibility index (Phi) is 6.25. The van der Waals surface area contributed by atoms with Gasteiger partial charge in [0.1, 0.15) is 6.79 Å². The van der Waals surface area contributed by atoms with Gasteiger partial charge >= 0.3 is 0 Å². The van der Waals surface area contributed by atoms with Crippen molar-refractivity contribution in [3.8, 4) is 0 Å². The van der Waals surface area contributed by atoms with Crippen LogP contribution < -0.4 is 15.5 Å². The van der Waals surface area contributed by atoms with Crippen molar-refractivity contribution < 1.29 is 14.6 Å². The molecular weight excluding hydrogens is 366 g/mol. The van der Waals surface area contributed by atoms with Gasteiger partial charge < -0.3 is 25.4 Å². The number of benzene rings is 2. The maximum absolute atomic E-state index is 12.3. The summed E-state index contributed by atoms with van der Waals surface area (Å²) in [6.45, 7) is 1.38. The first-order valence-electron chi connectivity index (χ1n) is 10.3. The van der Waals surface area contributed by atoms with E-state index in [4.69, 9.17) is 9.84 Å². The van der Waals surface area contributed by atoms with Gasteiger partial charge in [-0.15, -0.1) is 0 Å². The molecule has 2 heterocycles. The topological polar surface area (TPSA) is 73.8 Å². The summed E-state index contributed by atoms with van der Waals surface area (Å²) in [5.74, 6) is 0.00156. The molecule has 2 aromatic rings. The molecule has 154 valence electrons. The van der Waals surface area contributed by atoms with Crippen molar-refractivity contribution >= 4 is 11.6 Å². The molecule has 0 aromatic heterocycles. The fourth-order valence-corrected chi connectivity index (χ4v) is 4.41. The summed E-state index contributed by atoms with van der Waals surface area (Å²) < 4.78 is 5.37.